The van der Waals surface area contributed by atoms with Crippen molar-refractivity contribution in [3.05, 3.63) is 356 Å². The maximum Gasteiger partial charge on any atom is 0.221 e. The van der Waals surface area contributed by atoms with E-state index in [-0.39, 0.29) is 6.04 Å². The van der Waals surface area contributed by atoms with Gasteiger partial charge in [-0.3, -0.25) is 0 Å². The van der Waals surface area contributed by atoms with Crippen molar-refractivity contribution in [3.8, 4) is 77.9 Å². The van der Waals surface area contributed by atoms with Crippen LogP contribution in [0.4, 0.5) is 5.69 Å². The Balaban J connectivity index is 1.03. The third kappa shape index (κ3) is 8.05. The number of hydrogen-bond donors (Lipinski definition) is 0. The molecule has 17 rings (SSSR count). The number of rotatable bonds is 10. The molecule has 1 heterocycles. The molecule has 0 fully saturated rings. The lowest BCUT2D eigenvalue weighted by molar-refractivity contribution is -0.473. The van der Waals surface area contributed by atoms with Crippen LogP contribution in [0.2, 0.25) is 0 Å². The Morgan fingerprint density at radius 3 is 1.01 bits per heavy atom. The van der Waals surface area contributed by atoms with E-state index in [9.17, 15) is 0 Å². The monoisotopic (exact) mass is 1100 g/mol. The zero-order valence-electron chi connectivity index (χ0n) is 47.8. The Labute approximate surface area is 506 Å². The van der Waals surface area contributed by atoms with Gasteiger partial charge in [-0.2, -0.15) is 4.58 Å². The molecule has 0 aromatic heterocycles. The second-order valence-electron chi connectivity index (χ2n) is 23.0. The van der Waals surface area contributed by atoms with Gasteiger partial charge in [0.1, 0.15) is 0 Å². The lowest BCUT2D eigenvalue weighted by Gasteiger charge is -2.28. The molecular weight excluding hydrogens is 1050 g/mol. The van der Waals surface area contributed by atoms with Crippen LogP contribution >= 0.6 is 0 Å². The van der Waals surface area contributed by atoms with Crippen LogP contribution in [0.15, 0.2) is 334 Å². The molecule has 16 aromatic rings. The van der Waals surface area contributed by atoms with Crippen molar-refractivity contribution in [3.63, 3.8) is 0 Å². The van der Waals surface area contributed by atoms with E-state index in [1.165, 1.54) is 154 Å². The summed E-state index contributed by atoms with van der Waals surface area (Å²) >= 11 is 0. The Bertz CT molecular complexity index is 5300. The first-order valence-electron chi connectivity index (χ1n) is 30.3. The van der Waals surface area contributed by atoms with E-state index in [4.69, 9.17) is 0 Å². The summed E-state index contributed by atoms with van der Waals surface area (Å²) in [5, 5.41) is 12.5. The zero-order valence-corrected chi connectivity index (χ0v) is 47.8. The average molecular weight is 1100 g/mol. The molecule has 0 radical (unpaired) electrons. The lowest BCUT2D eigenvalue weighted by atomic mass is 9.74. The molecule has 1 atom stereocenters. The second kappa shape index (κ2) is 20.8. The molecule has 1 aliphatic heterocycles. The third-order valence-corrected chi connectivity index (χ3v) is 18.3. The van der Waals surface area contributed by atoms with Crippen molar-refractivity contribution in [2.75, 3.05) is 0 Å². The minimum absolute atomic E-state index is 0.0176. The number of nitrogens with zero attached hydrogens (tertiary/aromatic N) is 1. The first kappa shape index (κ1) is 50.3. The highest BCUT2D eigenvalue weighted by molar-refractivity contribution is 6.46. The fourth-order valence-corrected chi connectivity index (χ4v) is 14.8. The van der Waals surface area contributed by atoms with Gasteiger partial charge < -0.3 is 0 Å². The molecule has 1 unspecified atom stereocenters. The summed E-state index contributed by atoms with van der Waals surface area (Å²) in [4.78, 5) is 0. The topological polar surface area (TPSA) is 3.01 Å². The number of fused-ring (bicyclic) bond motifs is 7. The molecule has 404 valence electrons. The normalized spacial score (nSPS) is 13.1. The van der Waals surface area contributed by atoms with E-state index in [1.807, 2.05) is 0 Å². The molecule has 1 nitrogen and oxygen atoms in total. The molecule has 0 N–H and O–H groups in total. The molecule has 0 spiro atoms. The third-order valence-electron chi connectivity index (χ3n) is 18.3. The van der Waals surface area contributed by atoms with Gasteiger partial charge in [-0.25, -0.2) is 0 Å². The molecule has 0 aliphatic carbocycles. The molecule has 0 amide bonds. The van der Waals surface area contributed by atoms with Gasteiger partial charge in [-0.15, -0.1) is 0 Å². The predicted molar refractivity (Wildman–Crippen MR) is 368 cm³/mol. The van der Waals surface area contributed by atoms with Crippen LogP contribution in [0.25, 0.3) is 132 Å². The van der Waals surface area contributed by atoms with Crippen molar-refractivity contribution in [2.24, 2.45) is 0 Å². The SMILES string of the molecule is c1ccc(C2=[N+](c3ccc(-c4cc(-c5ccccc5)c5c6cccc7c8c(-c9ccccc9)c(-c9ccccc9)c(-c9ccccc9)c(-c9ccccc9)c8c8cccc(c5c4-c4ccccc4)c8c67)cc3)C(c3ccccc3)c3ccccc32)cc1. The van der Waals surface area contributed by atoms with Gasteiger partial charge >= 0.3 is 0 Å². The first-order valence-corrected chi connectivity index (χ1v) is 30.3. The van der Waals surface area contributed by atoms with E-state index in [2.05, 4.69) is 338 Å². The standard InChI is InChI=1S/C86H56N/c1-9-29-56(30-10-1)73-55-72(57-51-53-65(54-52-57)87-85(63-41-21-7-22-42-63)66-45-25-26-46-67(66)86(87)64-43-23-8-24-44-64)74(58-31-11-2-12-32-58)82-69-48-28-50-71-80(69)79-68(81(73)82)47-27-49-70(79)83-77(61-37-17-5-18-38-61)75(59-33-13-3-14-34-59)76(60-35-15-4-16-36-60)78(84(71)83)62-39-19-6-20-40-62/h1-55,85H/q+1. The van der Waals surface area contributed by atoms with Crippen LogP contribution in [0.1, 0.15) is 28.3 Å². The summed E-state index contributed by atoms with van der Waals surface area (Å²) in [6, 6.07) is 124. The van der Waals surface area contributed by atoms with Gasteiger partial charge in [0.25, 0.3) is 0 Å². The molecule has 1 aliphatic rings. The van der Waals surface area contributed by atoms with Gasteiger partial charge in [0, 0.05) is 28.8 Å². The van der Waals surface area contributed by atoms with E-state index in [0.717, 1.165) is 11.3 Å². The van der Waals surface area contributed by atoms with Crippen LogP contribution in [0, 0.1) is 0 Å². The predicted octanol–water partition coefficient (Wildman–Crippen LogP) is 22.8. The fourth-order valence-electron chi connectivity index (χ4n) is 14.8. The van der Waals surface area contributed by atoms with Gasteiger partial charge in [-0.1, -0.05) is 285 Å². The molecule has 1 heteroatoms. The largest absolute Gasteiger partial charge is 0.221 e. The summed E-state index contributed by atoms with van der Waals surface area (Å²) in [5.74, 6) is 0. The van der Waals surface area contributed by atoms with E-state index in [1.54, 1.807) is 0 Å². The van der Waals surface area contributed by atoms with Crippen molar-refractivity contribution in [1.29, 1.82) is 0 Å². The highest BCUT2D eigenvalue weighted by atomic mass is 15.1. The van der Waals surface area contributed by atoms with Gasteiger partial charge in [-0.05, 0) is 168 Å². The Kier molecular flexibility index (Phi) is 12.0. The van der Waals surface area contributed by atoms with E-state index >= 15 is 0 Å². The van der Waals surface area contributed by atoms with Crippen molar-refractivity contribution >= 4 is 65.3 Å². The lowest BCUT2D eigenvalue weighted by Crippen LogP contribution is -2.17. The van der Waals surface area contributed by atoms with Crippen molar-refractivity contribution in [2.45, 2.75) is 6.04 Å². The average Bonchev–Trinajstić information content (AvgIpc) is 1.26. The Hall–Kier alpha value is -11.3. The Morgan fingerprint density at radius 2 is 0.552 bits per heavy atom. The Morgan fingerprint density at radius 1 is 0.207 bits per heavy atom. The minimum Gasteiger partial charge on any atom is -0.180 e. The highest BCUT2D eigenvalue weighted by Gasteiger charge is 2.42. The molecule has 87 heavy (non-hydrogen) atoms. The van der Waals surface area contributed by atoms with Gasteiger partial charge in [0.05, 0.1) is 5.56 Å². The van der Waals surface area contributed by atoms with Crippen LogP contribution in [-0.2, 0) is 0 Å². The van der Waals surface area contributed by atoms with Crippen LogP contribution in [0.3, 0.4) is 0 Å². The van der Waals surface area contributed by atoms with Crippen LogP contribution < -0.4 is 0 Å². The van der Waals surface area contributed by atoms with E-state index < -0.39 is 0 Å². The minimum atomic E-state index is -0.0176. The molecule has 16 aromatic carbocycles. The second-order valence-corrected chi connectivity index (χ2v) is 23.0. The summed E-state index contributed by atoms with van der Waals surface area (Å²) in [5.41, 5.74) is 24.1. The number of benzene rings is 16. The highest BCUT2D eigenvalue weighted by Crippen LogP contribution is 2.58. The van der Waals surface area contributed by atoms with Crippen LogP contribution in [0.5, 0.6) is 0 Å². The van der Waals surface area contributed by atoms with Gasteiger partial charge in [0.2, 0.25) is 17.4 Å². The summed E-state index contributed by atoms with van der Waals surface area (Å²) in [6.07, 6.45) is 0. The quantitative estimate of drug-likeness (QED) is 0.0729. The summed E-state index contributed by atoms with van der Waals surface area (Å²) in [7, 11) is 0. The number of hydrogen-bond acceptors (Lipinski definition) is 0. The first-order chi connectivity index (χ1) is 43.3. The summed E-state index contributed by atoms with van der Waals surface area (Å²) in [6.45, 7) is 0. The van der Waals surface area contributed by atoms with Crippen molar-refractivity contribution in [1.82, 2.24) is 0 Å². The molecular formula is C86H56N+. The van der Waals surface area contributed by atoms with Crippen LogP contribution in [-0.4, -0.2) is 10.3 Å². The summed E-state index contributed by atoms with van der Waals surface area (Å²) < 4.78 is 2.57. The molecule has 0 bridgehead atoms. The van der Waals surface area contributed by atoms with E-state index in [0.29, 0.717) is 0 Å². The maximum absolute atomic E-state index is 2.57. The van der Waals surface area contributed by atoms with Crippen molar-refractivity contribution < 1.29 is 4.58 Å². The smallest absolute Gasteiger partial charge is 0.180 e. The fraction of sp³-hybridized carbons (Fsp3) is 0.0116. The molecule has 0 saturated heterocycles. The van der Waals surface area contributed by atoms with Gasteiger partial charge in [0.15, 0.2) is 0 Å². The maximum atomic E-state index is 2.57. The molecule has 0 saturated carbocycles. The zero-order chi connectivity index (χ0) is 57.4.